The van der Waals surface area contributed by atoms with Crippen LogP contribution >= 0.6 is 0 Å². The van der Waals surface area contributed by atoms with Crippen LogP contribution in [-0.4, -0.2) is 17.1 Å². The molecule has 4 nitrogen and oxygen atoms in total. The van der Waals surface area contributed by atoms with Crippen LogP contribution in [0.4, 0.5) is 5.69 Å². The standard InChI is InChI=1S/C16H16N2O2/c19-15-8-4-3-7-13(15)18-16(20)14-9-11-5-1-2-6-12(11)10-17-14/h1-8,14,17,19H,9-10H2,(H,18,20). The maximum atomic E-state index is 12.2. The van der Waals surface area contributed by atoms with Crippen LogP contribution in [0.3, 0.4) is 0 Å². The first-order valence-electron chi connectivity index (χ1n) is 6.63. The van der Waals surface area contributed by atoms with E-state index < -0.39 is 0 Å². The summed E-state index contributed by atoms with van der Waals surface area (Å²) in [6, 6.07) is 14.6. The largest absolute Gasteiger partial charge is 0.506 e. The first-order chi connectivity index (χ1) is 9.74. The fourth-order valence-electron chi connectivity index (χ4n) is 2.44. The first-order valence-corrected chi connectivity index (χ1v) is 6.63. The van der Waals surface area contributed by atoms with Crippen molar-refractivity contribution in [2.45, 2.75) is 19.0 Å². The molecule has 1 amide bonds. The van der Waals surface area contributed by atoms with E-state index in [1.165, 1.54) is 11.1 Å². The number of phenols is 1. The van der Waals surface area contributed by atoms with E-state index in [9.17, 15) is 9.90 Å². The summed E-state index contributed by atoms with van der Waals surface area (Å²) in [5, 5.41) is 15.7. The van der Waals surface area contributed by atoms with Crippen LogP contribution in [-0.2, 0) is 17.8 Å². The number of para-hydroxylation sites is 2. The molecule has 2 aromatic carbocycles. The maximum absolute atomic E-state index is 12.2. The lowest BCUT2D eigenvalue weighted by molar-refractivity contribution is -0.118. The molecule has 0 bridgehead atoms. The number of phenolic OH excluding ortho intramolecular Hbond substituents is 1. The molecule has 0 radical (unpaired) electrons. The van der Waals surface area contributed by atoms with E-state index in [-0.39, 0.29) is 17.7 Å². The Kier molecular flexibility index (Phi) is 3.39. The number of rotatable bonds is 2. The summed E-state index contributed by atoms with van der Waals surface area (Å²) >= 11 is 0. The second kappa shape index (κ2) is 5.35. The van der Waals surface area contributed by atoms with Gasteiger partial charge in [0.2, 0.25) is 5.91 Å². The Bertz CT molecular complexity index is 640. The summed E-state index contributed by atoms with van der Waals surface area (Å²) in [5.74, 6) is -0.0435. The molecule has 1 heterocycles. The lowest BCUT2D eigenvalue weighted by Crippen LogP contribution is -2.44. The number of aromatic hydroxyl groups is 1. The molecule has 1 unspecified atom stereocenters. The van der Waals surface area contributed by atoms with Crippen molar-refractivity contribution < 1.29 is 9.90 Å². The minimum Gasteiger partial charge on any atom is -0.506 e. The van der Waals surface area contributed by atoms with Gasteiger partial charge in [-0.3, -0.25) is 4.79 Å². The van der Waals surface area contributed by atoms with Crippen molar-refractivity contribution in [2.24, 2.45) is 0 Å². The number of hydrogen-bond acceptors (Lipinski definition) is 3. The molecule has 0 aromatic heterocycles. The van der Waals surface area contributed by atoms with Crippen molar-refractivity contribution >= 4 is 11.6 Å². The molecular weight excluding hydrogens is 252 g/mol. The molecule has 1 atom stereocenters. The molecule has 0 fully saturated rings. The van der Waals surface area contributed by atoms with Crippen molar-refractivity contribution in [1.82, 2.24) is 5.32 Å². The maximum Gasteiger partial charge on any atom is 0.241 e. The average Bonchev–Trinajstić information content (AvgIpc) is 2.49. The van der Waals surface area contributed by atoms with Crippen molar-refractivity contribution in [3.05, 3.63) is 59.7 Å². The third kappa shape index (κ3) is 2.51. The Morgan fingerprint density at radius 1 is 1.10 bits per heavy atom. The summed E-state index contributed by atoms with van der Waals surface area (Å²) in [7, 11) is 0. The summed E-state index contributed by atoms with van der Waals surface area (Å²) in [5.41, 5.74) is 2.88. The quantitative estimate of drug-likeness (QED) is 0.730. The van der Waals surface area contributed by atoms with Crippen LogP contribution in [0, 0.1) is 0 Å². The van der Waals surface area contributed by atoms with Gasteiger partial charge in [-0.15, -0.1) is 0 Å². The number of benzene rings is 2. The predicted octanol–water partition coefficient (Wildman–Crippen LogP) is 2.05. The highest BCUT2D eigenvalue weighted by Gasteiger charge is 2.24. The van der Waals surface area contributed by atoms with Crippen LogP contribution in [0.1, 0.15) is 11.1 Å². The highest BCUT2D eigenvalue weighted by Crippen LogP contribution is 2.23. The summed E-state index contributed by atoms with van der Waals surface area (Å²) in [4.78, 5) is 12.2. The van der Waals surface area contributed by atoms with Crippen molar-refractivity contribution in [3.8, 4) is 5.75 Å². The molecule has 2 aromatic rings. The van der Waals surface area contributed by atoms with Gasteiger partial charge in [-0.1, -0.05) is 36.4 Å². The van der Waals surface area contributed by atoms with Crippen molar-refractivity contribution in [2.75, 3.05) is 5.32 Å². The van der Waals surface area contributed by atoms with Crippen LogP contribution in [0.25, 0.3) is 0 Å². The topological polar surface area (TPSA) is 61.4 Å². The van der Waals surface area contributed by atoms with Gasteiger partial charge < -0.3 is 15.7 Å². The Hall–Kier alpha value is -2.33. The van der Waals surface area contributed by atoms with E-state index in [0.29, 0.717) is 18.7 Å². The van der Waals surface area contributed by atoms with Crippen molar-refractivity contribution in [1.29, 1.82) is 0 Å². The van der Waals surface area contributed by atoms with E-state index >= 15 is 0 Å². The Morgan fingerprint density at radius 2 is 1.80 bits per heavy atom. The van der Waals surface area contributed by atoms with Gasteiger partial charge in [0.05, 0.1) is 11.7 Å². The molecule has 0 aliphatic carbocycles. The van der Waals surface area contributed by atoms with Gasteiger partial charge in [0.15, 0.2) is 0 Å². The number of fused-ring (bicyclic) bond motifs is 1. The van der Waals surface area contributed by atoms with E-state index in [2.05, 4.69) is 22.8 Å². The van der Waals surface area contributed by atoms with Crippen LogP contribution in [0.5, 0.6) is 5.75 Å². The van der Waals surface area contributed by atoms with Gasteiger partial charge in [0.1, 0.15) is 5.75 Å². The van der Waals surface area contributed by atoms with Gasteiger partial charge in [-0.2, -0.15) is 0 Å². The highest BCUT2D eigenvalue weighted by atomic mass is 16.3. The van der Waals surface area contributed by atoms with Gasteiger partial charge >= 0.3 is 0 Å². The summed E-state index contributed by atoms with van der Waals surface area (Å²) in [6.45, 7) is 0.690. The normalized spacial score (nSPS) is 17.3. The fourth-order valence-corrected chi connectivity index (χ4v) is 2.44. The molecule has 0 saturated carbocycles. The molecule has 20 heavy (non-hydrogen) atoms. The zero-order chi connectivity index (χ0) is 13.9. The SMILES string of the molecule is O=C(Nc1ccccc1O)C1Cc2ccccc2CN1. The zero-order valence-electron chi connectivity index (χ0n) is 11.0. The third-order valence-corrected chi connectivity index (χ3v) is 3.56. The Labute approximate surface area is 117 Å². The fraction of sp³-hybridized carbons (Fsp3) is 0.188. The monoisotopic (exact) mass is 268 g/mol. The second-order valence-electron chi connectivity index (χ2n) is 4.91. The summed E-state index contributed by atoms with van der Waals surface area (Å²) < 4.78 is 0. The summed E-state index contributed by atoms with van der Waals surface area (Å²) in [6.07, 6.45) is 0.662. The smallest absolute Gasteiger partial charge is 0.241 e. The van der Waals surface area contributed by atoms with Crippen LogP contribution < -0.4 is 10.6 Å². The molecule has 4 heteroatoms. The molecule has 3 rings (SSSR count). The third-order valence-electron chi connectivity index (χ3n) is 3.56. The molecular formula is C16H16N2O2. The number of anilines is 1. The van der Waals surface area contributed by atoms with Gasteiger partial charge in [-0.05, 0) is 29.7 Å². The second-order valence-corrected chi connectivity index (χ2v) is 4.91. The van der Waals surface area contributed by atoms with E-state index in [0.717, 1.165) is 0 Å². The zero-order valence-corrected chi connectivity index (χ0v) is 11.0. The van der Waals surface area contributed by atoms with Crippen LogP contribution in [0.15, 0.2) is 48.5 Å². The number of carbonyl (C=O) groups excluding carboxylic acids is 1. The van der Waals surface area contributed by atoms with Crippen LogP contribution in [0.2, 0.25) is 0 Å². The van der Waals surface area contributed by atoms with Crippen molar-refractivity contribution in [3.63, 3.8) is 0 Å². The van der Waals surface area contributed by atoms with E-state index in [1.807, 2.05) is 12.1 Å². The molecule has 0 spiro atoms. The predicted molar refractivity (Wildman–Crippen MR) is 77.5 cm³/mol. The Balaban J connectivity index is 1.72. The van der Waals surface area contributed by atoms with Gasteiger partial charge in [0.25, 0.3) is 0 Å². The Morgan fingerprint density at radius 3 is 2.60 bits per heavy atom. The number of nitrogens with one attached hydrogen (secondary N) is 2. The number of carbonyl (C=O) groups is 1. The van der Waals surface area contributed by atoms with Gasteiger partial charge in [0, 0.05) is 6.54 Å². The number of hydrogen-bond donors (Lipinski definition) is 3. The van der Waals surface area contributed by atoms with Gasteiger partial charge in [-0.25, -0.2) is 0 Å². The lowest BCUT2D eigenvalue weighted by Gasteiger charge is -2.25. The first kappa shape index (κ1) is 12.7. The lowest BCUT2D eigenvalue weighted by atomic mass is 9.95. The molecule has 1 aliphatic rings. The molecule has 102 valence electrons. The average molecular weight is 268 g/mol. The molecule has 3 N–H and O–H groups in total. The minimum absolute atomic E-state index is 0.0806. The van der Waals surface area contributed by atoms with E-state index in [4.69, 9.17) is 0 Å². The molecule has 0 saturated heterocycles. The van der Waals surface area contributed by atoms with E-state index in [1.54, 1.807) is 24.3 Å². The molecule has 1 aliphatic heterocycles. The highest BCUT2D eigenvalue weighted by molar-refractivity contribution is 5.96. The minimum atomic E-state index is -0.274. The number of amides is 1.